The molecule has 2 aromatic heterocycles. The highest BCUT2D eigenvalue weighted by Crippen LogP contribution is 2.19. The lowest BCUT2D eigenvalue weighted by Gasteiger charge is -2.12. The Morgan fingerprint density at radius 2 is 2.21 bits per heavy atom. The Morgan fingerprint density at radius 3 is 2.89 bits per heavy atom. The second kappa shape index (κ2) is 5.94. The summed E-state index contributed by atoms with van der Waals surface area (Å²) in [5.74, 6) is 1.39. The molecule has 0 amide bonds. The molecule has 0 spiro atoms. The molecule has 0 aliphatic heterocycles. The van der Waals surface area contributed by atoms with Gasteiger partial charge in [0.15, 0.2) is 11.5 Å². The molecule has 7 heteroatoms. The van der Waals surface area contributed by atoms with Gasteiger partial charge in [0.1, 0.15) is 12.4 Å². The smallest absolute Gasteiger partial charge is 0.163 e. The predicted octanol–water partition coefficient (Wildman–Crippen LogP) is 0.956. The first-order chi connectivity index (χ1) is 9.15. The van der Waals surface area contributed by atoms with E-state index in [1.165, 1.54) is 0 Å². The monoisotopic (exact) mass is 265 g/mol. The molecule has 1 N–H and O–H groups in total. The van der Waals surface area contributed by atoms with E-state index >= 15 is 0 Å². The molecule has 1 atom stereocenters. The van der Waals surface area contributed by atoms with Gasteiger partial charge in [-0.25, -0.2) is 9.97 Å². The number of hydrogen-bond acceptors (Lipinski definition) is 6. The van der Waals surface area contributed by atoms with E-state index in [4.69, 9.17) is 9.47 Å². The number of ether oxygens (including phenoxy) is 2. The van der Waals surface area contributed by atoms with E-state index < -0.39 is 0 Å². The molecule has 2 aromatic rings. The van der Waals surface area contributed by atoms with Crippen molar-refractivity contribution in [1.29, 1.82) is 0 Å². The maximum absolute atomic E-state index is 5.63. The molecule has 1 unspecified atom stereocenters. The lowest BCUT2D eigenvalue weighted by molar-refractivity contribution is -0.00260. The van der Waals surface area contributed by atoms with Crippen molar-refractivity contribution in [2.75, 3.05) is 26.1 Å². The molecular formula is C12H19N5O2. The molecule has 2 rings (SSSR count). The molecule has 0 aliphatic carbocycles. The minimum atomic E-state index is 0.00821. The van der Waals surface area contributed by atoms with Crippen molar-refractivity contribution < 1.29 is 9.47 Å². The summed E-state index contributed by atoms with van der Waals surface area (Å²) in [5.41, 5.74) is 0.789. The number of fused-ring (bicyclic) bond motifs is 1. The Hall–Kier alpha value is -1.73. The third kappa shape index (κ3) is 2.99. The Morgan fingerprint density at radius 1 is 1.42 bits per heavy atom. The molecule has 2 heterocycles. The van der Waals surface area contributed by atoms with Gasteiger partial charge >= 0.3 is 0 Å². The number of hydrogen-bond donors (Lipinski definition) is 1. The first kappa shape index (κ1) is 13.7. The molecule has 104 valence electrons. The van der Waals surface area contributed by atoms with Crippen LogP contribution >= 0.6 is 0 Å². The van der Waals surface area contributed by atoms with Crippen molar-refractivity contribution in [3.8, 4) is 0 Å². The highest BCUT2D eigenvalue weighted by Gasteiger charge is 2.11. The van der Waals surface area contributed by atoms with E-state index in [0.717, 1.165) is 16.9 Å². The number of aryl methyl sites for hydroxylation is 1. The van der Waals surface area contributed by atoms with Crippen LogP contribution in [0.1, 0.15) is 12.7 Å². The highest BCUT2D eigenvalue weighted by molar-refractivity contribution is 5.86. The first-order valence-corrected chi connectivity index (χ1v) is 6.12. The summed E-state index contributed by atoms with van der Waals surface area (Å²) in [6, 6.07) is 0. The summed E-state index contributed by atoms with van der Waals surface area (Å²) in [5, 5.41) is 8.14. The number of nitrogens with zero attached hydrogens (tertiary/aromatic N) is 4. The average Bonchev–Trinajstić information content (AvgIpc) is 2.78. The molecule has 0 bridgehead atoms. The Kier molecular flexibility index (Phi) is 4.28. The summed E-state index contributed by atoms with van der Waals surface area (Å²) >= 11 is 0. The fourth-order valence-electron chi connectivity index (χ4n) is 1.82. The zero-order valence-corrected chi connectivity index (χ0v) is 11.7. The van der Waals surface area contributed by atoms with Crippen molar-refractivity contribution in [2.45, 2.75) is 19.6 Å². The van der Waals surface area contributed by atoms with Gasteiger partial charge in [-0.3, -0.25) is 4.68 Å². The minimum absolute atomic E-state index is 0.00821. The van der Waals surface area contributed by atoms with Crippen molar-refractivity contribution >= 4 is 16.9 Å². The Bertz CT molecular complexity index is 554. The summed E-state index contributed by atoms with van der Waals surface area (Å²) < 4.78 is 12.4. The predicted molar refractivity (Wildman–Crippen MR) is 72.0 cm³/mol. The van der Waals surface area contributed by atoms with Gasteiger partial charge in [-0.1, -0.05) is 0 Å². The van der Waals surface area contributed by atoms with E-state index in [1.54, 1.807) is 18.0 Å². The van der Waals surface area contributed by atoms with Crippen LogP contribution in [0.4, 0.5) is 5.82 Å². The van der Waals surface area contributed by atoms with Crippen LogP contribution in [0, 0.1) is 0 Å². The quantitative estimate of drug-likeness (QED) is 0.838. The zero-order valence-electron chi connectivity index (χ0n) is 11.7. The van der Waals surface area contributed by atoms with Crippen molar-refractivity contribution in [3.05, 3.63) is 12.0 Å². The topological polar surface area (TPSA) is 74.1 Å². The fourth-order valence-corrected chi connectivity index (χ4v) is 1.82. The third-order valence-electron chi connectivity index (χ3n) is 2.77. The molecule has 0 saturated carbocycles. The number of anilines is 1. The van der Waals surface area contributed by atoms with Crippen molar-refractivity contribution in [3.63, 3.8) is 0 Å². The number of aromatic nitrogens is 4. The van der Waals surface area contributed by atoms with E-state index in [1.807, 2.05) is 21.0 Å². The summed E-state index contributed by atoms with van der Waals surface area (Å²) in [6.45, 7) is 2.85. The van der Waals surface area contributed by atoms with Crippen LogP contribution in [0.5, 0.6) is 0 Å². The van der Waals surface area contributed by atoms with Gasteiger partial charge in [0.05, 0.1) is 24.3 Å². The van der Waals surface area contributed by atoms with Crippen molar-refractivity contribution in [1.82, 2.24) is 19.7 Å². The molecular weight excluding hydrogens is 246 g/mol. The second-order valence-electron chi connectivity index (χ2n) is 4.32. The van der Waals surface area contributed by atoms with Crippen LogP contribution in [-0.4, -0.2) is 46.6 Å². The Labute approximate surface area is 111 Å². The lowest BCUT2D eigenvalue weighted by atomic mass is 10.4. The highest BCUT2D eigenvalue weighted by atomic mass is 16.5. The van der Waals surface area contributed by atoms with E-state index in [9.17, 15) is 0 Å². The van der Waals surface area contributed by atoms with Crippen LogP contribution in [0.15, 0.2) is 6.20 Å². The zero-order chi connectivity index (χ0) is 13.8. The molecule has 0 aromatic carbocycles. The van der Waals surface area contributed by atoms with Crippen molar-refractivity contribution in [2.24, 2.45) is 7.05 Å². The van der Waals surface area contributed by atoms with Gasteiger partial charge in [-0.2, -0.15) is 5.10 Å². The Balaban J connectivity index is 2.21. The standard InChI is InChI=1S/C12H19N5O2/c1-8(6-18-4)19-7-10-15-11(13-2)9-5-14-17(3)12(9)16-10/h5,8H,6-7H2,1-4H3,(H,13,15,16). The SMILES string of the molecule is CNc1nc(COC(C)COC)nc2c1cnn2C. The molecule has 0 radical (unpaired) electrons. The first-order valence-electron chi connectivity index (χ1n) is 6.12. The summed E-state index contributed by atoms with van der Waals surface area (Å²) in [6.07, 6.45) is 1.76. The number of methoxy groups -OCH3 is 1. The second-order valence-corrected chi connectivity index (χ2v) is 4.32. The number of rotatable bonds is 6. The van der Waals surface area contributed by atoms with Crippen LogP contribution < -0.4 is 5.32 Å². The summed E-state index contributed by atoms with van der Waals surface area (Å²) in [7, 11) is 5.33. The van der Waals surface area contributed by atoms with Crippen LogP contribution in [0.3, 0.4) is 0 Å². The largest absolute Gasteiger partial charge is 0.382 e. The minimum Gasteiger partial charge on any atom is -0.382 e. The maximum atomic E-state index is 5.63. The average molecular weight is 265 g/mol. The van der Waals surface area contributed by atoms with Gasteiger partial charge < -0.3 is 14.8 Å². The van der Waals surface area contributed by atoms with Gasteiger partial charge in [-0.15, -0.1) is 0 Å². The lowest BCUT2D eigenvalue weighted by Crippen LogP contribution is -2.16. The normalized spacial score (nSPS) is 12.8. The molecule has 7 nitrogen and oxygen atoms in total. The van der Waals surface area contributed by atoms with Gasteiger partial charge in [-0.05, 0) is 6.92 Å². The van der Waals surface area contributed by atoms with Crippen LogP contribution in [-0.2, 0) is 23.1 Å². The van der Waals surface area contributed by atoms with E-state index in [2.05, 4.69) is 20.4 Å². The third-order valence-corrected chi connectivity index (χ3v) is 2.77. The van der Waals surface area contributed by atoms with Crippen LogP contribution in [0.25, 0.3) is 11.0 Å². The number of nitrogens with one attached hydrogen (secondary N) is 1. The van der Waals surface area contributed by atoms with E-state index in [-0.39, 0.29) is 6.10 Å². The van der Waals surface area contributed by atoms with Gasteiger partial charge in [0.25, 0.3) is 0 Å². The molecule has 0 aliphatic rings. The van der Waals surface area contributed by atoms with Gasteiger partial charge in [0, 0.05) is 21.2 Å². The molecule has 0 saturated heterocycles. The molecule has 0 fully saturated rings. The van der Waals surface area contributed by atoms with Crippen LogP contribution in [0.2, 0.25) is 0 Å². The fraction of sp³-hybridized carbons (Fsp3) is 0.583. The molecule has 19 heavy (non-hydrogen) atoms. The van der Waals surface area contributed by atoms with Gasteiger partial charge in [0.2, 0.25) is 0 Å². The maximum Gasteiger partial charge on any atom is 0.163 e. The summed E-state index contributed by atoms with van der Waals surface area (Å²) in [4.78, 5) is 8.88. The van der Waals surface area contributed by atoms with E-state index in [0.29, 0.717) is 19.0 Å².